The predicted molar refractivity (Wildman–Crippen MR) is 88.4 cm³/mol. The van der Waals surface area contributed by atoms with Gasteiger partial charge >= 0.3 is 0 Å². The van der Waals surface area contributed by atoms with E-state index in [9.17, 15) is 17.6 Å². The maximum Gasteiger partial charge on any atom is 0.232 e. The molecular formula is C16H19FN2O4S. The predicted octanol–water partition coefficient (Wildman–Crippen LogP) is 2.28. The molecule has 1 heterocycles. The lowest BCUT2D eigenvalue weighted by Crippen LogP contribution is -2.32. The number of carbonyl (C=O) groups excluding carboxylic acids is 1. The van der Waals surface area contributed by atoms with Crippen molar-refractivity contribution in [3.63, 3.8) is 0 Å². The quantitative estimate of drug-likeness (QED) is 0.789. The molecule has 0 spiro atoms. The van der Waals surface area contributed by atoms with Crippen LogP contribution in [0.2, 0.25) is 0 Å². The van der Waals surface area contributed by atoms with Crippen LogP contribution in [-0.2, 0) is 21.4 Å². The van der Waals surface area contributed by atoms with Crippen LogP contribution >= 0.6 is 0 Å². The van der Waals surface area contributed by atoms with Gasteiger partial charge in [0, 0.05) is 13.0 Å². The van der Waals surface area contributed by atoms with Gasteiger partial charge in [0.05, 0.1) is 24.8 Å². The van der Waals surface area contributed by atoms with E-state index in [0.717, 1.165) is 10.6 Å². The molecule has 0 unspecified atom stereocenters. The van der Waals surface area contributed by atoms with Gasteiger partial charge in [0.1, 0.15) is 11.6 Å². The molecule has 0 aliphatic heterocycles. The smallest absolute Gasteiger partial charge is 0.232 e. The SMILES string of the molecule is CS(=O)(=O)N(CCCC(=O)NCc1ccco1)c1ccccc1F. The van der Waals surface area contributed by atoms with E-state index in [0.29, 0.717) is 5.76 Å². The first-order valence-electron chi connectivity index (χ1n) is 7.39. The molecule has 130 valence electrons. The number of nitrogens with one attached hydrogen (secondary N) is 1. The van der Waals surface area contributed by atoms with Crippen molar-refractivity contribution in [3.05, 3.63) is 54.2 Å². The Morgan fingerprint density at radius 2 is 2.00 bits per heavy atom. The van der Waals surface area contributed by atoms with E-state index < -0.39 is 15.8 Å². The van der Waals surface area contributed by atoms with Gasteiger partial charge in [0.2, 0.25) is 15.9 Å². The van der Waals surface area contributed by atoms with E-state index in [1.807, 2.05) is 0 Å². The lowest BCUT2D eigenvalue weighted by Gasteiger charge is -2.22. The van der Waals surface area contributed by atoms with Gasteiger partial charge < -0.3 is 9.73 Å². The Balaban J connectivity index is 1.89. The number of hydrogen-bond donors (Lipinski definition) is 1. The van der Waals surface area contributed by atoms with Crippen LogP contribution in [0.25, 0.3) is 0 Å². The summed E-state index contributed by atoms with van der Waals surface area (Å²) >= 11 is 0. The van der Waals surface area contributed by atoms with E-state index in [1.54, 1.807) is 18.2 Å². The minimum absolute atomic E-state index is 0.0176. The lowest BCUT2D eigenvalue weighted by atomic mass is 10.2. The number of hydrogen-bond acceptors (Lipinski definition) is 4. The summed E-state index contributed by atoms with van der Waals surface area (Å²) in [7, 11) is -3.64. The number of anilines is 1. The summed E-state index contributed by atoms with van der Waals surface area (Å²) in [5.41, 5.74) is -0.0176. The van der Waals surface area contributed by atoms with Gasteiger partial charge in [-0.3, -0.25) is 9.10 Å². The van der Waals surface area contributed by atoms with Gasteiger partial charge in [-0.05, 0) is 30.7 Å². The van der Waals surface area contributed by atoms with Crippen molar-refractivity contribution in [2.24, 2.45) is 0 Å². The second kappa shape index (κ2) is 7.96. The largest absolute Gasteiger partial charge is 0.467 e. The van der Waals surface area contributed by atoms with Crippen LogP contribution in [0.15, 0.2) is 47.1 Å². The zero-order valence-corrected chi connectivity index (χ0v) is 14.1. The highest BCUT2D eigenvalue weighted by Crippen LogP contribution is 2.21. The van der Waals surface area contributed by atoms with E-state index >= 15 is 0 Å². The Labute approximate surface area is 140 Å². The van der Waals surface area contributed by atoms with Crippen molar-refractivity contribution in [3.8, 4) is 0 Å². The molecule has 0 saturated carbocycles. The van der Waals surface area contributed by atoms with Crippen LogP contribution in [0, 0.1) is 5.82 Å². The molecular weight excluding hydrogens is 335 g/mol. The molecule has 1 aromatic heterocycles. The molecule has 0 aliphatic rings. The molecule has 0 saturated heterocycles. The van der Waals surface area contributed by atoms with Crippen LogP contribution in [0.3, 0.4) is 0 Å². The first-order chi connectivity index (χ1) is 11.4. The molecule has 6 nitrogen and oxygen atoms in total. The van der Waals surface area contributed by atoms with E-state index in [2.05, 4.69) is 5.32 Å². The third kappa shape index (κ3) is 5.09. The molecule has 24 heavy (non-hydrogen) atoms. The number of nitrogens with zero attached hydrogens (tertiary/aromatic N) is 1. The standard InChI is InChI=1S/C16H19FN2O4S/c1-24(21,22)19(15-8-3-2-7-14(15)17)10-4-9-16(20)18-12-13-6-5-11-23-13/h2-3,5-8,11H,4,9-10,12H2,1H3,(H,18,20). The summed E-state index contributed by atoms with van der Waals surface area (Å²) in [6.07, 6.45) is 2.92. The Kier molecular flexibility index (Phi) is 5.97. The number of furan rings is 1. The van der Waals surface area contributed by atoms with Gasteiger partial charge in [-0.1, -0.05) is 12.1 Å². The first kappa shape index (κ1) is 18.0. The van der Waals surface area contributed by atoms with E-state index in [1.165, 1.54) is 24.5 Å². The van der Waals surface area contributed by atoms with Crippen LogP contribution in [0.1, 0.15) is 18.6 Å². The van der Waals surface area contributed by atoms with Gasteiger partial charge in [0.15, 0.2) is 0 Å². The Hall–Kier alpha value is -2.35. The van der Waals surface area contributed by atoms with Crippen LogP contribution in [0.4, 0.5) is 10.1 Å². The van der Waals surface area contributed by atoms with Crippen molar-refractivity contribution in [2.45, 2.75) is 19.4 Å². The molecule has 1 amide bonds. The summed E-state index contributed by atoms with van der Waals surface area (Å²) in [5, 5.41) is 2.67. The van der Waals surface area contributed by atoms with Gasteiger partial charge in [0.25, 0.3) is 0 Å². The summed E-state index contributed by atoms with van der Waals surface area (Å²) in [6.45, 7) is 0.295. The summed E-state index contributed by atoms with van der Waals surface area (Å²) < 4.78 is 43.7. The van der Waals surface area contributed by atoms with E-state index in [-0.39, 0.29) is 37.5 Å². The van der Waals surface area contributed by atoms with Gasteiger partial charge in [-0.15, -0.1) is 0 Å². The van der Waals surface area contributed by atoms with E-state index in [4.69, 9.17) is 4.42 Å². The lowest BCUT2D eigenvalue weighted by molar-refractivity contribution is -0.121. The van der Waals surface area contributed by atoms with Crippen molar-refractivity contribution in [1.82, 2.24) is 5.32 Å². The van der Waals surface area contributed by atoms with Crippen molar-refractivity contribution in [2.75, 3.05) is 17.1 Å². The average Bonchev–Trinajstić information content (AvgIpc) is 3.03. The van der Waals surface area contributed by atoms with Crippen molar-refractivity contribution >= 4 is 21.6 Å². The Morgan fingerprint density at radius 3 is 2.62 bits per heavy atom. The third-order valence-electron chi connectivity index (χ3n) is 3.33. The Bertz CT molecular complexity index is 775. The molecule has 0 bridgehead atoms. The second-order valence-corrected chi connectivity index (χ2v) is 7.15. The second-order valence-electron chi connectivity index (χ2n) is 5.25. The van der Waals surface area contributed by atoms with Crippen molar-refractivity contribution < 1.29 is 22.0 Å². The summed E-state index contributed by atoms with van der Waals surface area (Å²) in [6, 6.07) is 9.11. The normalized spacial score (nSPS) is 11.2. The number of para-hydroxylation sites is 1. The molecule has 0 atom stereocenters. The zero-order chi connectivity index (χ0) is 17.6. The highest BCUT2D eigenvalue weighted by Gasteiger charge is 2.20. The monoisotopic (exact) mass is 354 g/mol. The fraction of sp³-hybridized carbons (Fsp3) is 0.312. The number of carbonyl (C=O) groups is 1. The molecule has 1 aromatic carbocycles. The minimum atomic E-state index is -3.64. The number of sulfonamides is 1. The van der Waals surface area contributed by atoms with Crippen LogP contribution in [-0.4, -0.2) is 27.1 Å². The van der Waals surface area contributed by atoms with Gasteiger partial charge in [-0.2, -0.15) is 0 Å². The highest BCUT2D eigenvalue weighted by molar-refractivity contribution is 7.92. The number of rotatable bonds is 8. The first-order valence-corrected chi connectivity index (χ1v) is 9.24. The van der Waals surface area contributed by atoms with Gasteiger partial charge in [-0.25, -0.2) is 12.8 Å². The third-order valence-corrected chi connectivity index (χ3v) is 4.51. The summed E-state index contributed by atoms with van der Waals surface area (Å²) in [5.74, 6) is -0.217. The van der Waals surface area contributed by atoms with Crippen molar-refractivity contribution in [1.29, 1.82) is 0 Å². The van der Waals surface area contributed by atoms with Crippen LogP contribution in [0.5, 0.6) is 0 Å². The number of halogens is 1. The molecule has 2 rings (SSSR count). The zero-order valence-electron chi connectivity index (χ0n) is 13.2. The molecule has 8 heteroatoms. The fourth-order valence-electron chi connectivity index (χ4n) is 2.19. The maximum absolute atomic E-state index is 13.8. The Morgan fingerprint density at radius 1 is 1.25 bits per heavy atom. The molecule has 1 N–H and O–H groups in total. The number of benzene rings is 1. The van der Waals surface area contributed by atoms with Crippen LogP contribution < -0.4 is 9.62 Å². The number of amides is 1. The summed E-state index contributed by atoms with van der Waals surface area (Å²) in [4.78, 5) is 11.8. The molecule has 0 fully saturated rings. The fourth-order valence-corrected chi connectivity index (χ4v) is 3.16. The molecule has 0 aliphatic carbocycles. The minimum Gasteiger partial charge on any atom is -0.467 e. The molecule has 0 radical (unpaired) electrons. The highest BCUT2D eigenvalue weighted by atomic mass is 32.2. The average molecular weight is 354 g/mol. The maximum atomic E-state index is 13.8. The molecule has 2 aromatic rings. The topological polar surface area (TPSA) is 79.6 Å².